The molecule has 1 aliphatic rings. The first-order valence-electron chi connectivity index (χ1n) is 10.4. The molecule has 0 bridgehead atoms. The fraction of sp³-hybridized carbons (Fsp3) is 0.458. The number of para-hydroxylation sites is 1. The van der Waals surface area contributed by atoms with Crippen LogP contribution in [0.15, 0.2) is 59.1 Å². The number of allylic oxidation sites excluding steroid dienone is 2. The summed E-state index contributed by atoms with van der Waals surface area (Å²) < 4.78 is 10.3. The molecule has 162 valence electrons. The second-order valence-electron chi connectivity index (χ2n) is 7.80. The molecule has 6 nitrogen and oxygen atoms in total. The van der Waals surface area contributed by atoms with E-state index in [4.69, 9.17) is 4.42 Å². The Morgan fingerprint density at radius 2 is 2.07 bits per heavy atom. The molecule has 1 aromatic heterocycles. The summed E-state index contributed by atoms with van der Waals surface area (Å²) in [5.41, 5.74) is 0.714. The van der Waals surface area contributed by atoms with Crippen LogP contribution in [0.4, 0.5) is 0 Å². The summed E-state index contributed by atoms with van der Waals surface area (Å²) >= 11 is 0. The summed E-state index contributed by atoms with van der Waals surface area (Å²) in [5.74, 6) is -0.150. The van der Waals surface area contributed by atoms with E-state index in [1.165, 1.54) is 7.11 Å². The maximum absolute atomic E-state index is 11.1. The normalized spacial score (nSPS) is 25.5. The molecule has 1 aromatic carbocycles. The number of methoxy groups -OCH3 is 1. The fourth-order valence-corrected chi connectivity index (χ4v) is 4.02. The average Bonchev–Trinajstić information content (AvgIpc) is 3.29. The zero-order valence-electron chi connectivity index (χ0n) is 17.2. The van der Waals surface area contributed by atoms with Gasteiger partial charge < -0.3 is 24.5 Å². The zero-order chi connectivity index (χ0) is 21.5. The largest absolute Gasteiger partial charge is 0.469 e. The van der Waals surface area contributed by atoms with E-state index in [2.05, 4.69) is 4.74 Å². The van der Waals surface area contributed by atoms with Gasteiger partial charge in [-0.3, -0.25) is 4.79 Å². The molecule has 1 saturated carbocycles. The highest BCUT2D eigenvalue weighted by atomic mass is 16.5. The lowest BCUT2D eigenvalue weighted by molar-refractivity contribution is -0.140. The molecule has 1 aliphatic carbocycles. The lowest BCUT2D eigenvalue weighted by Gasteiger charge is -2.19. The van der Waals surface area contributed by atoms with Crippen LogP contribution in [0.25, 0.3) is 11.0 Å². The fourth-order valence-electron chi connectivity index (χ4n) is 4.02. The number of esters is 1. The first-order chi connectivity index (χ1) is 14.5. The van der Waals surface area contributed by atoms with Crippen LogP contribution in [0, 0.1) is 11.8 Å². The number of benzene rings is 1. The highest BCUT2D eigenvalue weighted by Gasteiger charge is 2.39. The van der Waals surface area contributed by atoms with Crippen LogP contribution in [-0.2, 0) is 9.53 Å². The molecule has 0 radical (unpaired) electrons. The number of rotatable bonds is 9. The first kappa shape index (κ1) is 22.3. The average molecular weight is 414 g/mol. The molecule has 0 amide bonds. The Labute approximate surface area is 176 Å². The number of hydrogen-bond acceptors (Lipinski definition) is 6. The Bertz CT molecular complexity index is 850. The third-order valence-electron chi connectivity index (χ3n) is 5.72. The predicted octanol–water partition coefficient (Wildman–Crippen LogP) is 3.67. The molecular weight excluding hydrogens is 384 g/mol. The van der Waals surface area contributed by atoms with Gasteiger partial charge in [-0.05, 0) is 37.3 Å². The number of carbonyl (C=O) groups excluding carboxylic acids is 1. The van der Waals surface area contributed by atoms with Gasteiger partial charge in [-0.1, -0.05) is 42.5 Å². The van der Waals surface area contributed by atoms with Crippen LogP contribution in [-0.4, -0.2) is 40.6 Å². The molecule has 3 unspecified atom stereocenters. The van der Waals surface area contributed by atoms with Crippen molar-refractivity contribution in [3.8, 4) is 0 Å². The molecule has 0 spiro atoms. The lowest BCUT2D eigenvalue weighted by atomic mass is 9.89. The smallest absolute Gasteiger partial charge is 0.305 e. The van der Waals surface area contributed by atoms with E-state index in [0.717, 1.165) is 11.8 Å². The van der Waals surface area contributed by atoms with E-state index in [1.807, 2.05) is 36.4 Å². The Kier molecular flexibility index (Phi) is 7.85. The monoisotopic (exact) mass is 414 g/mol. The van der Waals surface area contributed by atoms with E-state index in [0.29, 0.717) is 37.0 Å². The van der Waals surface area contributed by atoms with Crippen molar-refractivity contribution >= 4 is 16.9 Å². The number of furan rings is 1. The molecule has 6 heteroatoms. The van der Waals surface area contributed by atoms with Gasteiger partial charge in [0.15, 0.2) is 0 Å². The maximum atomic E-state index is 11.1. The number of ether oxygens (including phenoxy) is 1. The Morgan fingerprint density at radius 1 is 1.27 bits per heavy atom. The number of unbranched alkanes of at least 4 members (excludes halogenated alkanes) is 1. The highest BCUT2D eigenvalue weighted by molar-refractivity contribution is 5.77. The number of aliphatic hydroxyl groups excluding tert-OH is 3. The summed E-state index contributed by atoms with van der Waals surface area (Å²) in [6.45, 7) is 0. The molecule has 3 N–H and O–H groups in total. The summed E-state index contributed by atoms with van der Waals surface area (Å²) in [4.78, 5) is 11.1. The van der Waals surface area contributed by atoms with Gasteiger partial charge in [0.1, 0.15) is 17.4 Å². The summed E-state index contributed by atoms with van der Waals surface area (Å²) in [7, 11) is 1.38. The van der Waals surface area contributed by atoms with Crippen molar-refractivity contribution < 1.29 is 29.3 Å². The molecule has 0 saturated heterocycles. The van der Waals surface area contributed by atoms with Crippen LogP contribution in [0.2, 0.25) is 0 Å². The number of aliphatic hydroxyl groups is 3. The first-order valence-corrected chi connectivity index (χ1v) is 10.4. The molecule has 3 rings (SSSR count). The number of fused-ring (bicyclic) bond motifs is 1. The van der Waals surface area contributed by atoms with Crippen LogP contribution in [0.1, 0.15) is 44.0 Å². The maximum Gasteiger partial charge on any atom is 0.305 e. The molecule has 0 aliphatic heterocycles. The van der Waals surface area contributed by atoms with Crippen molar-refractivity contribution in [1.82, 2.24) is 0 Å². The number of carbonyl (C=O) groups is 1. The Hall–Kier alpha value is -2.41. The Balaban J connectivity index is 1.57. The lowest BCUT2D eigenvalue weighted by Crippen LogP contribution is -2.20. The van der Waals surface area contributed by atoms with E-state index in [1.54, 1.807) is 18.2 Å². The predicted molar refractivity (Wildman–Crippen MR) is 114 cm³/mol. The third kappa shape index (κ3) is 5.59. The minimum Gasteiger partial charge on any atom is -0.469 e. The quantitative estimate of drug-likeness (QED) is 0.329. The third-order valence-corrected chi connectivity index (χ3v) is 5.72. The van der Waals surface area contributed by atoms with Gasteiger partial charge in [0.05, 0.1) is 19.3 Å². The van der Waals surface area contributed by atoms with Crippen LogP contribution in [0.5, 0.6) is 0 Å². The molecular formula is C24H30O6. The molecule has 2 aromatic rings. The summed E-state index contributed by atoms with van der Waals surface area (Å²) in [5, 5.41) is 32.1. The van der Waals surface area contributed by atoms with Crippen molar-refractivity contribution in [2.75, 3.05) is 7.11 Å². The van der Waals surface area contributed by atoms with Gasteiger partial charge in [0.2, 0.25) is 0 Å². The van der Waals surface area contributed by atoms with Gasteiger partial charge in [0, 0.05) is 24.1 Å². The van der Waals surface area contributed by atoms with Crippen molar-refractivity contribution in [3.63, 3.8) is 0 Å². The summed E-state index contributed by atoms with van der Waals surface area (Å²) in [6.07, 6.45) is 8.00. The van der Waals surface area contributed by atoms with E-state index < -0.39 is 18.3 Å². The van der Waals surface area contributed by atoms with Crippen molar-refractivity contribution in [3.05, 3.63) is 60.4 Å². The standard InChI is InChI=1S/C24H30O6/c1-29-24(28)11-5-3-2-4-9-17-18(21(27)15-20(17)26)12-13-19(25)23-14-16-8-6-7-10-22(16)30-23/h2,4,6-8,10,12-14,17-21,25-27H,3,5,9,11,15H2,1H3/t17?,18-,19+,20?,21?/m0/s1. The van der Waals surface area contributed by atoms with Gasteiger partial charge >= 0.3 is 5.97 Å². The van der Waals surface area contributed by atoms with Gasteiger partial charge in [0.25, 0.3) is 0 Å². The second-order valence-corrected chi connectivity index (χ2v) is 7.80. The van der Waals surface area contributed by atoms with Crippen molar-refractivity contribution in [1.29, 1.82) is 0 Å². The SMILES string of the molecule is COC(=O)CCCC=CCC1C(O)CC(O)[C@H]1C=C[C@@H](O)c1cc2ccccc2o1. The van der Waals surface area contributed by atoms with Crippen molar-refractivity contribution in [2.45, 2.75) is 50.4 Å². The van der Waals surface area contributed by atoms with Gasteiger partial charge in [-0.2, -0.15) is 0 Å². The Morgan fingerprint density at radius 3 is 2.83 bits per heavy atom. The van der Waals surface area contributed by atoms with Crippen molar-refractivity contribution in [2.24, 2.45) is 11.8 Å². The van der Waals surface area contributed by atoms with E-state index >= 15 is 0 Å². The van der Waals surface area contributed by atoms with Gasteiger partial charge in [-0.25, -0.2) is 0 Å². The topological polar surface area (TPSA) is 100 Å². The minimum atomic E-state index is -0.920. The van der Waals surface area contributed by atoms with E-state index in [9.17, 15) is 20.1 Å². The van der Waals surface area contributed by atoms with Crippen LogP contribution >= 0.6 is 0 Å². The highest BCUT2D eigenvalue weighted by Crippen LogP contribution is 2.37. The molecule has 1 heterocycles. The molecule has 5 atom stereocenters. The minimum absolute atomic E-state index is 0.129. The number of hydrogen-bond donors (Lipinski definition) is 3. The molecule has 1 fully saturated rings. The van der Waals surface area contributed by atoms with Crippen LogP contribution in [0.3, 0.4) is 0 Å². The van der Waals surface area contributed by atoms with Gasteiger partial charge in [-0.15, -0.1) is 0 Å². The van der Waals surface area contributed by atoms with E-state index in [-0.39, 0.29) is 17.8 Å². The second kappa shape index (κ2) is 10.6. The molecule has 30 heavy (non-hydrogen) atoms. The zero-order valence-corrected chi connectivity index (χ0v) is 17.2. The van der Waals surface area contributed by atoms with Crippen LogP contribution < -0.4 is 0 Å². The summed E-state index contributed by atoms with van der Waals surface area (Å²) in [6, 6.07) is 9.36.